The van der Waals surface area contributed by atoms with Gasteiger partial charge in [0.05, 0.1) is 19.0 Å². The van der Waals surface area contributed by atoms with Crippen molar-refractivity contribution in [1.29, 1.82) is 0 Å². The zero-order valence-electron chi connectivity index (χ0n) is 11.9. The second-order valence-corrected chi connectivity index (χ2v) is 5.35. The highest BCUT2D eigenvalue weighted by atomic mass is 16.5. The number of carbonyl (C=O) groups excluding carboxylic acids is 1. The Bertz CT molecular complexity index is 357. The summed E-state index contributed by atoms with van der Waals surface area (Å²) >= 11 is 0. The molecular weight excluding hydrogens is 228 g/mol. The predicted octanol–water partition coefficient (Wildman–Crippen LogP) is 3.26. The molecule has 0 unspecified atom stereocenters. The Labute approximate surface area is 110 Å². The second kappa shape index (κ2) is 6.19. The molecule has 0 spiro atoms. The molecule has 0 aromatic heterocycles. The maximum Gasteiger partial charge on any atom is 0.164 e. The van der Waals surface area contributed by atoms with Crippen molar-refractivity contribution in [3.05, 3.63) is 24.0 Å². The van der Waals surface area contributed by atoms with E-state index in [0.29, 0.717) is 0 Å². The van der Waals surface area contributed by atoms with Crippen LogP contribution in [0.25, 0.3) is 0 Å². The maximum absolute atomic E-state index is 12.1. The third-order valence-electron chi connectivity index (χ3n) is 3.86. The van der Waals surface area contributed by atoms with Crippen LogP contribution >= 0.6 is 0 Å². The van der Waals surface area contributed by atoms with Gasteiger partial charge in [0.15, 0.2) is 5.78 Å². The lowest BCUT2D eigenvalue weighted by Gasteiger charge is -2.32. The monoisotopic (exact) mass is 252 g/mol. The van der Waals surface area contributed by atoms with Gasteiger partial charge >= 0.3 is 0 Å². The highest BCUT2D eigenvalue weighted by Crippen LogP contribution is 2.37. The van der Waals surface area contributed by atoms with Crippen molar-refractivity contribution >= 4 is 5.78 Å². The van der Waals surface area contributed by atoms with Crippen LogP contribution in [-0.4, -0.2) is 26.1 Å². The molecular formula is C15H24O3. The summed E-state index contributed by atoms with van der Waals surface area (Å²) < 4.78 is 10.5. The fraction of sp³-hybridized carbons (Fsp3) is 0.667. The van der Waals surface area contributed by atoms with Gasteiger partial charge in [-0.3, -0.25) is 4.79 Å². The summed E-state index contributed by atoms with van der Waals surface area (Å²) in [4.78, 5) is 12.1. The number of hydrogen-bond donors (Lipinski definition) is 0. The summed E-state index contributed by atoms with van der Waals surface area (Å²) in [7, 11) is 3.30. The topological polar surface area (TPSA) is 35.5 Å². The maximum atomic E-state index is 12.1. The first-order valence-electron chi connectivity index (χ1n) is 6.40. The number of carbonyl (C=O) groups is 1. The predicted molar refractivity (Wildman–Crippen MR) is 72.3 cm³/mol. The van der Waals surface area contributed by atoms with E-state index in [2.05, 4.69) is 6.58 Å². The van der Waals surface area contributed by atoms with E-state index < -0.39 is 0 Å². The van der Waals surface area contributed by atoms with Gasteiger partial charge in [-0.2, -0.15) is 0 Å². The Morgan fingerprint density at radius 3 is 2.67 bits per heavy atom. The molecule has 0 bridgehead atoms. The molecule has 0 saturated heterocycles. The molecule has 0 heterocycles. The lowest BCUT2D eigenvalue weighted by Crippen LogP contribution is -2.31. The second-order valence-electron chi connectivity index (χ2n) is 5.35. The Balaban J connectivity index is 2.64. The van der Waals surface area contributed by atoms with Crippen LogP contribution in [0.4, 0.5) is 0 Å². The molecule has 0 radical (unpaired) electrons. The van der Waals surface area contributed by atoms with E-state index in [1.165, 1.54) is 0 Å². The number of ketones is 1. The van der Waals surface area contributed by atoms with Crippen molar-refractivity contribution in [1.82, 2.24) is 0 Å². The minimum absolute atomic E-state index is 0.0439. The van der Waals surface area contributed by atoms with Crippen LogP contribution in [0.3, 0.4) is 0 Å². The molecule has 3 nitrogen and oxygen atoms in total. The summed E-state index contributed by atoms with van der Waals surface area (Å²) in [5.41, 5.74) is 0.728. The average molecular weight is 252 g/mol. The SMILES string of the molecule is C=C(C)[C@H](CC[C@@]1(C)CCC(OC)=CC1=O)OC. The molecule has 102 valence electrons. The fourth-order valence-corrected chi connectivity index (χ4v) is 2.34. The molecule has 3 heteroatoms. The summed E-state index contributed by atoms with van der Waals surface area (Å²) in [6, 6.07) is 0. The molecule has 1 rings (SSSR count). The Kier molecular flexibility index (Phi) is 5.15. The van der Waals surface area contributed by atoms with Gasteiger partial charge in [0.25, 0.3) is 0 Å². The smallest absolute Gasteiger partial charge is 0.164 e. The standard InChI is InChI=1S/C15H24O3/c1-11(2)13(18-5)7-9-15(3)8-6-12(17-4)10-14(15)16/h10,13H,1,6-9H2,2-5H3/t13-,15+/m0/s1. The minimum atomic E-state index is -0.283. The Hall–Kier alpha value is -1.09. The van der Waals surface area contributed by atoms with E-state index in [-0.39, 0.29) is 17.3 Å². The lowest BCUT2D eigenvalue weighted by molar-refractivity contribution is -0.125. The van der Waals surface area contributed by atoms with Crippen LogP contribution in [0.5, 0.6) is 0 Å². The van der Waals surface area contributed by atoms with Gasteiger partial charge in [-0.25, -0.2) is 0 Å². The molecule has 0 amide bonds. The zero-order valence-corrected chi connectivity index (χ0v) is 11.9. The van der Waals surface area contributed by atoms with Crippen LogP contribution in [0, 0.1) is 5.41 Å². The van der Waals surface area contributed by atoms with Crippen molar-refractivity contribution in [2.75, 3.05) is 14.2 Å². The number of allylic oxidation sites excluding steroid dienone is 2. The summed E-state index contributed by atoms with van der Waals surface area (Å²) in [5, 5.41) is 0. The highest BCUT2D eigenvalue weighted by molar-refractivity contribution is 5.95. The first kappa shape index (κ1) is 15.0. The van der Waals surface area contributed by atoms with Gasteiger partial charge in [-0.05, 0) is 26.2 Å². The third kappa shape index (κ3) is 3.45. The van der Waals surface area contributed by atoms with E-state index in [4.69, 9.17) is 9.47 Å². The van der Waals surface area contributed by atoms with E-state index in [0.717, 1.165) is 37.0 Å². The van der Waals surface area contributed by atoms with Crippen molar-refractivity contribution in [3.63, 3.8) is 0 Å². The van der Waals surface area contributed by atoms with E-state index in [1.807, 2.05) is 13.8 Å². The summed E-state index contributed by atoms with van der Waals surface area (Å²) in [5.74, 6) is 0.961. The number of ether oxygens (including phenoxy) is 2. The Morgan fingerprint density at radius 1 is 1.56 bits per heavy atom. The number of hydrogen-bond acceptors (Lipinski definition) is 3. The van der Waals surface area contributed by atoms with Crippen LogP contribution in [0.2, 0.25) is 0 Å². The van der Waals surface area contributed by atoms with Crippen molar-refractivity contribution in [3.8, 4) is 0 Å². The summed E-state index contributed by atoms with van der Waals surface area (Å²) in [6.45, 7) is 7.91. The van der Waals surface area contributed by atoms with Gasteiger partial charge in [-0.1, -0.05) is 19.1 Å². The molecule has 0 N–H and O–H groups in total. The first-order valence-corrected chi connectivity index (χ1v) is 6.40. The molecule has 1 aliphatic rings. The molecule has 0 aliphatic heterocycles. The lowest BCUT2D eigenvalue weighted by atomic mass is 9.73. The quantitative estimate of drug-likeness (QED) is 0.681. The molecule has 0 aromatic carbocycles. The van der Waals surface area contributed by atoms with Gasteiger partial charge < -0.3 is 9.47 Å². The van der Waals surface area contributed by atoms with Crippen molar-refractivity contribution < 1.29 is 14.3 Å². The molecule has 0 fully saturated rings. The molecule has 0 saturated carbocycles. The van der Waals surface area contributed by atoms with Crippen LogP contribution in [0.15, 0.2) is 24.0 Å². The van der Waals surface area contributed by atoms with Crippen LogP contribution < -0.4 is 0 Å². The minimum Gasteiger partial charge on any atom is -0.501 e. The number of rotatable bonds is 6. The average Bonchev–Trinajstić information content (AvgIpc) is 2.33. The largest absolute Gasteiger partial charge is 0.501 e. The van der Waals surface area contributed by atoms with Crippen LogP contribution in [-0.2, 0) is 14.3 Å². The first-order chi connectivity index (χ1) is 8.42. The summed E-state index contributed by atoms with van der Waals surface area (Å²) in [6.07, 6.45) is 5.03. The molecule has 0 aromatic rings. The van der Waals surface area contributed by atoms with E-state index in [9.17, 15) is 4.79 Å². The molecule has 2 atom stereocenters. The van der Waals surface area contributed by atoms with Crippen molar-refractivity contribution in [2.45, 2.75) is 45.6 Å². The van der Waals surface area contributed by atoms with Gasteiger partial charge in [-0.15, -0.1) is 0 Å². The highest BCUT2D eigenvalue weighted by Gasteiger charge is 2.35. The third-order valence-corrected chi connectivity index (χ3v) is 3.86. The molecule has 18 heavy (non-hydrogen) atoms. The normalized spacial score (nSPS) is 25.6. The fourth-order valence-electron chi connectivity index (χ4n) is 2.34. The Morgan fingerprint density at radius 2 is 2.22 bits per heavy atom. The van der Waals surface area contributed by atoms with Gasteiger partial charge in [0.1, 0.15) is 0 Å². The number of methoxy groups -OCH3 is 2. The van der Waals surface area contributed by atoms with E-state index >= 15 is 0 Å². The molecule has 1 aliphatic carbocycles. The van der Waals surface area contributed by atoms with Crippen LogP contribution in [0.1, 0.15) is 39.5 Å². The van der Waals surface area contributed by atoms with Gasteiger partial charge in [0, 0.05) is 25.0 Å². The van der Waals surface area contributed by atoms with Crippen molar-refractivity contribution in [2.24, 2.45) is 5.41 Å². The van der Waals surface area contributed by atoms with Gasteiger partial charge in [0.2, 0.25) is 0 Å². The zero-order chi connectivity index (χ0) is 13.8. The van der Waals surface area contributed by atoms with E-state index in [1.54, 1.807) is 20.3 Å².